The van der Waals surface area contributed by atoms with E-state index in [1.54, 1.807) is 24.3 Å². The lowest BCUT2D eigenvalue weighted by molar-refractivity contribution is -0.123. The summed E-state index contributed by atoms with van der Waals surface area (Å²) in [6.45, 7) is -0.269. The van der Waals surface area contributed by atoms with Crippen LogP contribution >= 0.6 is 23.4 Å². The van der Waals surface area contributed by atoms with E-state index in [-0.39, 0.29) is 24.1 Å². The van der Waals surface area contributed by atoms with Gasteiger partial charge in [0.2, 0.25) is 11.8 Å². The van der Waals surface area contributed by atoms with Crippen LogP contribution in [0.15, 0.2) is 48.0 Å². The molecule has 1 saturated heterocycles. The molecule has 1 aromatic heterocycles. The van der Waals surface area contributed by atoms with Gasteiger partial charge in [-0.2, -0.15) is 0 Å². The maximum atomic E-state index is 12.1. The summed E-state index contributed by atoms with van der Waals surface area (Å²) in [6, 6.07) is 6.78. The van der Waals surface area contributed by atoms with E-state index in [4.69, 9.17) is 16.3 Å². The molecule has 2 aromatic rings. The number of ether oxygens (including phenoxy) is 1. The molecule has 2 amide bonds. The minimum atomic E-state index is -0.478. The third kappa shape index (κ3) is 4.46. The molecule has 1 aliphatic rings. The van der Waals surface area contributed by atoms with Crippen molar-refractivity contribution in [2.24, 2.45) is 5.10 Å². The summed E-state index contributed by atoms with van der Waals surface area (Å²) >= 11 is 7.09. The van der Waals surface area contributed by atoms with E-state index in [2.05, 4.69) is 20.5 Å². The number of amidine groups is 1. The van der Waals surface area contributed by atoms with Crippen LogP contribution in [0.3, 0.4) is 0 Å². The summed E-state index contributed by atoms with van der Waals surface area (Å²) in [6.07, 6.45) is 4.35. The molecule has 25 heavy (non-hydrogen) atoms. The average Bonchev–Trinajstić information content (AvgIpc) is 3.00. The molecule has 8 nitrogen and oxygen atoms in total. The molecule has 1 fully saturated rings. The number of anilines is 1. The Morgan fingerprint density at radius 2 is 2.16 bits per heavy atom. The van der Waals surface area contributed by atoms with Crippen LogP contribution in [-0.4, -0.2) is 39.3 Å². The fourth-order valence-corrected chi connectivity index (χ4v) is 2.88. The molecule has 1 aliphatic heterocycles. The van der Waals surface area contributed by atoms with E-state index < -0.39 is 5.91 Å². The van der Waals surface area contributed by atoms with E-state index in [1.165, 1.54) is 35.3 Å². The van der Waals surface area contributed by atoms with Crippen molar-refractivity contribution in [3.8, 4) is 5.88 Å². The standard InChI is InChI=1S/C15H12ClN5O3S/c16-10-1-3-11(4-2-10)21-14(23)9-25-15(21)20-19-12(22)8-24-13-7-17-5-6-18-13/h1-7H,8-9H2,(H,19,22)/b20-15-. The molecular formula is C15H12ClN5O3S. The fourth-order valence-electron chi connectivity index (χ4n) is 1.93. The molecule has 1 N–H and O–H groups in total. The van der Waals surface area contributed by atoms with Gasteiger partial charge < -0.3 is 4.74 Å². The summed E-state index contributed by atoms with van der Waals surface area (Å²) in [5.74, 6) is -0.128. The quantitative estimate of drug-likeness (QED) is 0.796. The highest BCUT2D eigenvalue weighted by Crippen LogP contribution is 2.27. The third-order valence-electron chi connectivity index (χ3n) is 3.02. The molecule has 0 spiro atoms. The zero-order valence-corrected chi connectivity index (χ0v) is 14.3. The first-order valence-electron chi connectivity index (χ1n) is 7.10. The number of amides is 2. The number of benzene rings is 1. The zero-order valence-electron chi connectivity index (χ0n) is 12.8. The van der Waals surface area contributed by atoms with Crippen molar-refractivity contribution in [3.63, 3.8) is 0 Å². The van der Waals surface area contributed by atoms with Crippen molar-refractivity contribution in [1.29, 1.82) is 0 Å². The normalized spacial score (nSPS) is 15.5. The lowest BCUT2D eigenvalue weighted by atomic mass is 10.3. The van der Waals surface area contributed by atoms with Gasteiger partial charge in [0, 0.05) is 17.4 Å². The number of rotatable bonds is 5. The number of hydrogen-bond donors (Lipinski definition) is 1. The van der Waals surface area contributed by atoms with E-state index in [0.29, 0.717) is 15.9 Å². The van der Waals surface area contributed by atoms with Crippen molar-refractivity contribution in [3.05, 3.63) is 47.9 Å². The number of nitrogens with zero attached hydrogens (tertiary/aromatic N) is 4. The maximum absolute atomic E-state index is 12.1. The van der Waals surface area contributed by atoms with Crippen LogP contribution in [0.4, 0.5) is 5.69 Å². The Labute approximate surface area is 152 Å². The van der Waals surface area contributed by atoms with E-state index >= 15 is 0 Å². The molecule has 0 atom stereocenters. The Kier molecular flexibility index (Phi) is 5.46. The minimum absolute atomic E-state index is 0.129. The van der Waals surface area contributed by atoms with Gasteiger partial charge in [-0.1, -0.05) is 23.4 Å². The van der Waals surface area contributed by atoms with Gasteiger partial charge in [-0.05, 0) is 24.3 Å². The highest BCUT2D eigenvalue weighted by molar-refractivity contribution is 8.15. The molecule has 0 aliphatic carbocycles. The smallest absolute Gasteiger partial charge is 0.278 e. The molecule has 10 heteroatoms. The van der Waals surface area contributed by atoms with Crippen LogP contribution in [0, 0.1) is 0 Å². The third-order valence-corrected chi connectivity index (χ3v) is 4.19. The van der Waals surface area contributed by atoms with Gasteiger partial charge >= 0.3 is 0 Å². The Balaban J connectivity index is 1.62. The SMILES string of the molecule is O=C(COc1cnccn1)N/N=C1\SCC(=O)N1c1ccc(Cl)cc1. The largest absolute Gasteiger partial charge is 0.466 e. The summed E-state index contributed by atoms with van der Waals surface area (Å²) < 4.78 is 5.17. The second-order valence-corrected chi connectivity index (χ2v) is 6.13. The summed E-state index contributed by atoms with van der Waals surface area (Å²) in [5, 5.41) is 4.94. The predicted molar refractivity (Wildman–Crippen MR) is 94.5 cm³/mol. The molecule has 0 unspecified atom stereocenters. The van der Waals surface area contributed by atoms with Gasteiger partial charge in [-0.25, -0.2) is 10.4 Å². The highest BCUT2D eigenvalue weighted by Gasteiger charge is 2.30. The molecule has 0 bridgehead atoms. The molecule has 128 valence electrons. The predicted octanol–water partition coefficient (Wildman–Crippen LogP) is 1.68. The first kappa shape index (κ1) is 17.2. The Bertz CT molecular complexity index is 801. The summed E-state index contributed by atoms with van der Waals surface area (Å²) in [4.78, 5) is 33.0. The molecule has 3 rings (SSSR count). The van der Waals surface area contributed by atoms with Gasteiger partial charge in [-0.3, -0.25) is 19.5 Å². The zero-order chi connectivity index (χ0) is 17.6. The second kappa shape index (κ2) is 7.95. The van der Waals surface area contributed by atoms with E-state index in [9.17, 15) is 9.59 Å². The number of carbonyl (C=O) groups excluding carboxylic acids is 2. The van der Waals surface area contributed by atoms with Crippen molar-refractivity contribution < 1.29 is 14.3 Å². The second-order valence-electron chi connectivity index (χ2n) is 4.76. The number of thioether (sulfide) groups is 1. The van der Waals surface area contributed by atoms with Crippen molar-refractivity contribution >= 4 is 46.0 Å². The Hall–Kier alpha value is -2.65. The molecule has 2 heterocycles. The number of aromatic nitrogens is 2. The first-order valence-corrected chi connectivity index (χ1v) is 8.46. The molecular weight excluding hydrogens is 366 g/mol. The van der Waals surface area contributed by atoms with Crippen LogP contribution in [0.1, 0.15) is 0 Å². The molecule has 0 saturated carbocycles. The van der Waals surface area contributed by atoms with Gasteiger partial charge in [0.1, 0.15) is 0 Å². The Morgan fingerprint density at radius 1 is 1.36 bits per heavy atom. The molecule has 0 radical (unpaired) electrons. The number of carbonyl (C=O) groups is 2. The van der Waals surface area contributed by atoms with E-state index in [1.807, 2.05) is 0 Å². The lowest BCUT2D eigenvalue weighted by Gasteiger charge is -2.15. The highest BCUT2D eigenvalue weighted by atomic mass is 35.5. The number of hydrogen-bond acceptors (Lipinski definition) is 7. The molecule has 1 aromatic carbocycles. The minimum Gasteiger partial charge on any atom is -0.466 e. The van der Waals surface area contributed by atoms with Crippen molar-refractivity contribution in [2.45, 2.75) is 0 Å². The van der Waals surface area contributed by atoms with Crippen LogP contribution in [0.5, 0.6) is 5.88 Å². The first-order chi connectivity index (χ1) is 12.1. The number of nitrogens with one attached hydrogen (secondary N) is 1. The average molecular weight is 378 g/mol. The Morgan fingerprint density at radius 3 is 2.88 bits per heavy atom. The monoisotopic (exact) mass is 377 g/mol. The van der Waals surface area contributed by atoms with E-state index in [0.717, 1.165) is 0 Å². The number of halogens is 1. The summed E-state index contributed by atoms with van der Waals surface area (Å²) in [5.41, 5.74) is 2.99. The van der Waals surface area contributed by atoms with Crippen LogP contribution in [0.25, 0.3) is 0 Å². The van der Waals surface area contributed by atoms with Gasteiger partial charge in [0.15, 0.2) is 11.8 Å². The van der Waals surface area contributed by atoms with Crippen LogP contribution in [0.2, 0.25) is 5.02 Å². The topological polar surface area (TPSA) is 96.8 Å². The van der Waals surface area contributed by atoms with Gasteiger partial charge in [-0.15, -0.1) is 5.10 Å². The lowest BCUT2D eigenvalue weighted by Crippen LogP contribution is -2.32. The van der Waals surface area contributed by atoms with Crippen LogP contribution in [-0.2, 0) is 9.59 Å². The fraction of sp³-hybridized carbons (Fsp3) is 0.133. The maximum Gasteiger partial charge on any atom is 0.278 e. The van der Waals surface area contributed by atoms with Gasteiger partial charge in [0.25, 0.3) is 5.91 Å². The van der Waals surface area contributed by atoms with Crippen molar-refractivity contribution in [2.75, 3.05) is 17.3 Å². The van der Waals surface area contributed by atoms with Crippen molar-refractivity contribution in [1.82, 2.24) is 15.4 Å². The van der Waals surface area contributed by atoms with Gasteiger partial charge in [0.05, 0.1) is 17.6 Å². The number of hydrazone groups is 1. The van der Waals surface area contributed by atoms with Crippen LogP contribution < -0.4 is 15.1 Å². The summed E-state index contributed by atoms with van der Waals surface area (Å²) in [7, 11) is 0.